The molecule has 0 aromatic heterocycles. The number of hydrogen-bond donors (Lipinski definition) is 2. The summed E-state index contributed by atoms with van der Waals surface area (Å²) < 4.78 is 0. The first-order valence-corrected chi connectivity index (χ1v) is 6.04. The lowest BCUT2D eigenvalue weighted by Gasteiger charge is -2.41. The SMILES string of the molecule is C#CCCCCC(=O)NC1(CC(=O)O)CCC1. The van der Waals surface area contributed by atoms with Crippen LogP contribution in [0.2, 0.25) is 0 Å². The molecule has 0 aromatic carbocycles. The first kappa shape index (κ1) is 13.6. The number of rotatable bonds is 7. The van der Waals surface area contributed by atoms with Gasteiger partial charge in [-0.2, -0.15) is 0 Å². The molecule has 1 rings (SSSR count). The molecule has 0 atom stereocenters. The van der Waals surface area contributed by atoms with Crippen molar-refractivity contribution in [3.8, 4) is 12.3 Å². The molecule has 0 spiro atoms. The lowest BCUT2D eigenvalue weighted by Crippen LogP contribution is -2.54. The number of hydrogen-bond acceptors (Lipinski definition) is 2. The molecular formula is C13H19NO3. The Balaban J connectivity index is 2.28. The minimum Gasteiger partial charge on any atom is -0.481 e. The number of unbranched alkanes of at least 4 members (excludes halogenated alkanes) is 2. The van der Waals surface area contributed by atoms with Gasteiger partial charge in [-0.3, -0.25) is 9.59 Å². The molecule has 1 aliphatic rings. The van der Waals surface area contributed by atoms with Crippen LogP contribution in [-0.4, -0.2) is 22.5 Å². The standard InChI is InChI=1S/C13H19NO3/c1-2-3-4-5-7-11(15)14-13(8-6-9-13)10-12(16)17/h1H,3-10H2,(H,14,15)(H,16,17). The van der Waals surface area contributed by atoms with E-state index in [-0.39, 0.29) is 12.3 Å². The Labute approximate surface area is 102 Å². The van der Waals surface area contributed by atoms with E-state index in [1.165, 1.54) is 0 Å². The maximum atomic E-state index is 11.6. The van der Waals surface area contributed by atoms with Crippen molar-refractivity contribution < 1.29 is 14.7 Å². The van der Waals surface area contributed by atoms with Gasteiger partial charge in [-0.15, -0.1) is 12.3 Å². The smallest absolute Gasteiger partial charge is 0.305 e. The fourth-order valence-corrected chi connectivity index (χ4v) is 2.11. The van der Waals surface area contributed by atoms with Crippen LogP contribution in [0.25, 0.3) is 0 Å². The Morgan fingerprint density at radius 1 is 1.35 bits per heavy atom. The fourth-order valence-electron chi connectivity index (χ4n) is 2.11. The quantitative estimate of drug-likeness (QED) is 0.523. The fraction of sp³-hybridized carbons (Fsp3) is 0.692. The minimum absolute atomic E-state index is 0.0308. The summed E-state index contributed by atoms with van der Waals surface area (Å²) in [4.78, 5) is 22.4. The molecule has 1 fully saturated rings. The minimum atomic E-state index is -0.850. The zero-order valence-electron chi connectivity index (χ0n) is 10.00. The van der Waals surface area contributed by atoms with Gasteiger partial charge in [-0.25, -0.2) is 0 Å². The largest absolute Gasteiger partial charge is 0.481 e. The van der Waals surface area contributed by atoms with Crippen molar-refractivity contribution in [2.45, 2.75) is 56.9 Å². The van der Waals surface area contributed by atoms with E-state index >= 15 is 0 Å². The van der Waals surface area contributed by atoms with Gasteiger partial charge in [0, 0.05) is 12.8 Å². The molecule has 2 N–H and O–H groups in total. The van der Waals surface area contributed by atoms with Gasteiger partial charge in [0.15, 0.2) is 0 Å². The zero-order valence-corrected chi connectivity index (χ0v) is 10.00. The Morgan fingerprint density at radius 3 is 2.53 bits per heavy atom. The van der Waals surface area contributed by atoms with Gasteiger partial charge in [0.05, 0.1) is 12.0 Å². The van der Waals surface area contributed by atoms with Crippen LogP contribution in [0, 0.1) is 12.3 Å². The first-order chi connectivity index (χ1) is 8.08. The molecule has 0 unspecified atom stereocenters. The van der Waals surface area contributed by atoms with Crippen LogP contribution in [0.1, 0.15) is 51.4 Å². The maximum absolute atomic E-state index is 11.6. The van der Waals surface area contributed by atoms with E-state index in [9.17, 15) is 9.59 Å². The highest BCUT2D eigenvalue weighted by Gasteiger charge is 2.40. The second kappa shape index (κ2) is 6.29. The number of carbonyl (C=O) groups is 2. The van der Waals surface area contributed by atoms with Crippen molar-refractivity contribution in [3.05, 3.63) is 0 Å². The van der Waals surface area contributed by atoms with Crippen molar-refractivity contribution >= 4 is 11.9 Å². The molecule has 0 aliphatic heterocycles. The second-order valence-electron chi connectivity index (χ2n) is 4.66. The lowest BCUT2D eigenvalue weighted by molar-refractivity contribution is -0.140. The number of amides is 1. The molecule has 94 valence electrons. The summed E-state index contributed by atoms with van der Waals surface area (Å²) in [6.45, 7) is 0. The molecule has 4 heteroatoms. The van der Waals surface area contributed by atoms with Crippen LogP contribution in [0.5, 0.6) is 0 Å². The Kier molecular flexibility index (Phi) is 5.02. The van der Waals surface area contributed by atoms with Crippen LogP contribution in [0.4, 0.5) is 0 Å². The van der Waals surface area contributed by atoms with E-state index in [1.807, 2.05) is 0 Å². The summed E-state index contributed by atoms with van der Waals surface area (Å²) in [6.07, 6.45) is 10.4. The summed E-state index contributed by atoms with van der Waals surface area (Å²) in [5.74, 6) is 1.63. The van der Waals surface area contributed by atoms with E-state index in [1.54, 1.807) is 0 Å². The molecular weight excluding hydrogens is 218 g/mol. The van der Waals surface area contributed by atoms with Crippen LogP contribution in [-0.2, 0) is 9.59 Å². The summed E-state index contributed by atoms with van der Waals surface area (Å²) in [6, 6.07) is 0. The molecule has 17 heavy (non-hydrogen) atoms. The van der Waals surface area contributed by atoms with Gasteiger partial charge in [-0.05, 0) is 32.1 Å². The highest BCUT2D eigenvalue weighted by atomic mass is 16.4. The number of carbonyl (C=O) groups excluding carboxylic acids is 1. The van der Waals surface area contributed by atoms with Crippen LogP contribution in [0.3, 0.4) is 0 Å². The van der Waals surface area contributed by atoms with Gasteiger partial charge in [0.1, 0.15) is 0 Å². The molecule has 1 amide bonds. The molecule has 1 aliphatic carbocycles. The summed E-state index contributed by atoms with van der Waals surface area (Å²) in [5.41, 5.74) is -0.477. The molecule has 1 saturated carbocycles. The third-order valence-corrected chi connectivity index (χ3v) is 3.18. The zero-order chi connectivity index (χ0) is 12.7. The predicted molar refractivity (Wildman–Crippen MR) is 64.3 cm³/mol. The average molecular weight is 237 g/mol. The molecule has 0 bridgehead atoms. The third kappa shape index (κ3) is 4.48. The lowest BCUT2D eigenvalue weighted by atomic mass is 9.74. The highest BCUT2D eigenvalue weighted by Crippen LogP contribution is 2.35. The topological polar surface area (TPSA) is 66.4 Å². The summed E-state index contributed by atoms with van der Waals surface area (Å²) >= 11 is 0. The van der Waals surface area contributed by atoms with Gasteiger partial charge in [0.2, 0.25) is 5.91 Å². The van der Waals surface area contributed by atoms with Crippen molar-refractivity contribution in [1.82, 2.24) is 5.32 Å². The Bertz CT molecular complexity index is 326. The van der Waals surface area contributed by atoms with Gasteiger partial charge in [0.25, 0.3) is 0 Å². The summed E-state index contributed by atoms with van der Waals surface area (Å²) in [5, 5.41) is 11.7. The second-order valence-corrected chi connectivity index (χ2v) is 4.66. The maximum Gasteiger partial charge on any atom is 0.305 e. The monoisotopic (exact) mass is 237 g/mol. The number of nitrogens with one attached hydrogen (secondary N) is 1. The van der Waals surface area contributed by atoms with Crippen molar-refractivity contribution in [2.24, 2.45) is 0 Å². The van der Waals surface area contributed by atoms with Gasteiger partial charge >= 0.3 is 5.97 Å². The van der Waals surface area contributed by atoms with Gasteiger partial charge < -0.3 is 10.4 Å². The molecule has 0 aromatic rings. The van der Waals surface area contributed by atoms with Crippen LogP contribution in [0.15, 0.2) is 0 Å². The van der Waals surface area contributed by atoms with E-state index in [0.717, 1.165) is 32.1 Å². The Hall–Kier alpha value is -1.50. The molecule has 4 nitrogen and oxygen atoms in total. The Morgan fingerprint density at radius 2 is 2.06 bits per heavy atom. The average Bonchev–Trinajstić information content (AvgIpc) is 2.20. The number of carboxylic acids is 1. The van der Waals surface area contributed by atoms with E-state index < -0.39 is 11.5 Å². The molecule has 0 heterocycles. The third-order valence-electron chi connectivity index (χ3n) is 3.18. The molecule has 0 saturated heterocycles. The van der Waals surface area contributed by atoms with E-state index in [4.69, 9.17) is 11.5 Å². The normalized spacial score (nSPS) is 16.6. The van der Waals surface area contributed by atoms with Crippen molar-refractivity contribution in [1.29, 1.82) is 0 Å². The predicted octanol–water partition coefficient (Wildman–Crippen LogP) is 1.69. The van der Waals surface area contributed by atoms with E-state index in [0.29, 0.717) is 12.8 Å². The van der Waals surface area contributed by atoms with Crippen molar-refractivity contribution in [2.75, 3.05) is 0 Å². The van der Waals surface area contributed by atoms with Crippen LogP contribution >= 0.6 is 0 Å². The first-order valence-electron chi connectivity index (χ1n) is 6.04. The number of terminal acetylenes is 1. The summed E-state index contributed by atoms with van der Waals surface area (Å²) in [7, 11) is 0. The van der Waals surface area contributed by atoms with Crippen molar-refractivity contribution in [3.63, 3.8) is 0 Å². The number of aliphatic carboxylic acids is 1. The van der Waals surface area contributed by atoms with Crippen LogP contribution < -0.4 is 5.32 Å². The molecule has 0 radical (unpaired) electrons. The number of carboxylic acid groups (broad SMARTS) is 1. The van der Waals surface area contributed by atoms with E-state index in [2.05, 4.69) is 11.2 Å². The highest BCUT2D eigenvalue weighted by molar-refractivity contribution is 5.78. The van der Waals surface area contributed by atoms with Gasteiger partial charge in [-0.1, -0.05) is 0 Å².